The highest BCUT2D eigenvalue weighted by Gasteiger charge is 2.05. The van der Waals surface area contributed by atoms with Crippen LogP contribution in [0.5, 0.6) is 5.75 Å². The van der Waals surface area contributed by atoms with Crippen molar-refractivity contribution in [3.8, 4) is 22.9 Å². The number of benzene rings is 2. The second kappa shape index (κ2) is 4.26. The average molecular weight is 227 g/mol. The molecule has 84 valence electrons. The number of halogens is 1. The quantitative estimate of drug-likeness (QED) is 0.811. The van der Waals surface area contributed by atoms with Crippen molar-refractivity contribution < 1.29 is 9.50 Å². The third-order valence-corrected chi connectivity index (χ3v) is 2.62. The summed E-state index contributed by atoms with van der Waals surface area (Å²) in [5.74, 6) is -0.377. The summed E-state index contributed by atoms with van der Waals surface area (Å²) in [4.78, 5) is 0. The van der Waals surface area contributed by atoms with Crippen LogP contribution in [0, 0.1) is 24.1 Å². The third kappa shape index (κ3) is 2.11. The van der Waals surface area contributed by atoms with E-state index in [1.807, 2.05) is 6.07 Å². The van der Waals surface area contributed by atoms with Crippen molar-refractivity contribution in [3.63, 3.8) is 0 Å². The Labute approximate surface area is 98.6 Å². The highest BCUT2D eigenvalue weighted by molar-refractivity contribution is 5.67. The highest BCUT2D eigenvalue weighted by Crippen LogP contribution is 2.27. The summed E-state index contributed by atoms with van der Waals surface area (Å²) in [5, 5.41) is 18.3. The van der Waals surface area contributed by atoms with Gasteiger partial charge in [-0.15, -0.1) is 0 Å². The van der Waals surface area contributed by atoms with Gasteiger partial charge in [0.25, 0.3) is 0 Å². The van der Waals surface area contributed by atoms with Crippen molar-refractivity contribution in [1.29, 1.82) is 5.26 Å². The molecular weight excluding hydrogens is 217 g/mol. The number of hydrogen-bond donors (Lipinski definition) is 1. The Kier molecular flexibility index (Phi) is 2.80. The zero-order valence-electron chi connectivity index (χ0n) is 9.24. The molecule has 0 spiro atoms. The third-order valence-electron chi connectivity index (χ3n) is 2.62. The molecular formula is C14H10FNO. The smallest absolute Gasteiger partial charge is 0.133 e. The van der Waals surface area contributed by atoms with Gasteiger partial charge in [0, 0.05) is 0 Å². The van der Waals surface area contributed by atoms with E-state index >= 15 is 0 Å². The van der Waals surface area contributed by atoms with Gasteiger partial charge in [-0.3, -0.25) is 0 Å². The molecule has 0 fully saturated rings. The Morgan fingerprint density at radius 3 is 2.35 bits per heavy atom. The van der Waals surface area contributed by atoms with E-state index in [1.165, 1.54) is 18.2 Å². The summed E-state index contributed by atoms with van der Waals surface area (Å²) in [6, 6.07) is 11.4. The minimum absolute atomic E-state index is 0.0917. The maximum atomic E-state index is 13.4. The molecule has 2 rings (SSSR count). The predicted octanol–water partition coefficient (Wildman–Crippen LogP) is 3.38. The summed E-state index contributed by atoms with van der Waals surface area (Å²) in [6.07, 6.45) is 0. The van der Waals surface area contributed by atoms with Gasteiger partial charge < -0.3 is 5.11 Å². The molecule has 0 atom stereocenters. The molecule has 2 nitrogen and oxygen atoms in total. The van der Waals surface area contributed by atoms with Crippen LogP contribution in [0.15, 0.2) is 36.4 Å². The Morgan fingerprint density at radius 2 is 1.76 bits per heavy atom. The van der Waals surface area contributed by atoms with E-state index < -0.39 is 0 Å². The van der Waals surface area contributed by atoms with Crippen LogP contribution in [-0.4, -0.2) is 5.11 Å². The van der Waals surface area contributed by atoms with Crippen LogP contribution in [0.3, 0.4) is 0 Å². The SMILES string of the molecule is Cc1ccc(-c2ccc(C#N)c(O)c2)cc1F. The number of nitrogens with zero attached hydrogens (tertiary/aromatic N) is 1. The molecule has 0 aliphatic rings. The van der Waals surface area contributed by atoms with Crippen LogP contribution in [0.2, 0.25) is 0 Å². The summed E-state index contributed by atoms with van der Waals surface area (Å²) in [5.41, 5.74) is 2.14. The number of phenolic OH excluding ortho intramolecular Hbond substituents is 1. The lowest BCUT2D eigenvalue weighted by Crippen LogP contribution is -1.85. The Bertz CT molecular complexity index is 614. The van der Waals surface area contributed by atoms with Crippen LogP contribution < -0.4 is 0 Å². The molecule has 0 saturated carbocycles. The van der Waals surface area contributed by atoms with Gasteiger partial charge in [0.05, 0.1) is 5.56 Å². The maximum absolute atomic E-state index is 13.4. The molecule has 0 bridgehead atoms. The van der Waals surface area contributed by atoms with Crippen LogP contribution in [-0.2, 0) is 0 Å². The van der Waals surface area contributed by atoms with E-state index in [4.69, 9.17) is 5.26 Å². The molecule has 0 aromatic heterocycles. The van der Waals surface area contributed by atoms with E-state index in [2.05, 4.69) is 0 Å². The molecule has 0 heterocycles. The molecule has 2 aromatic rings. The van der Waals surface area contributed by atoms with E-state index in [0.717, 1.165) is 0 Å². The van der Waals surface area contributed by atoms with Crippen molar-refractivity contribution >= 4 is 0 Å². The lowest BCUT2D eigenvalue weighted by atomic mass is 10.0. The average Bonchev–Trinajstić information content (AvgIpc) is 2.32. The number of nitriles is 1. The molecule has 0 aliphatic carbocycles. The lowest BCUT2D eigenvalue weighted by molar-refractivity contribution is 0.474. The van der Waals surface area contributed by atoms with Crippen molar-refractivity contribution in [3.05, 3.63) is 53.3 Å². The zero-order valence-corrected chi connectivity index (χ0v) is 9.24. The fourth-order valence-corrected chi connectivity index (χ4v) is 1.58. The Hall–Kier alpha value is -2.34. The van der Waals surface area contributed by atoms with Crippen LogP contribution in [0.4, 0.5) is 4.39 Å². The molecule has 2 aromatic carbocycles. The van der Waals surface area contributed by atoms with Crippen molar-refractivity contribution in [2.75, 3.05) is 0 Å². The lowest BCUT2D eigenvalue weighted by Gasteiger charge is -2.05. The van der Waals surface area contributed by atoms with Gasteiger partial charge in [0.2, 0.25) is 0 Å². The van der Waals surface area contributed by atoms with E-state index in [1.54, 1.807) is 25.1 Å². The fraction of sp³-hybridized carbons (Fsp3) is 0.0714. The first kappa shape index (κ1) is 11.2. The van der Waals surface area contributed by atoms with E-state index in [-0.39, 0.29) is 17.1 Å². The summed E-state index contributed by atoms with van der Waals surface area (Å²) in [7, 11) is 0. The van der Waals surface area contributed by atoms with Gasteiger partial charge in [0.15, 0.2) is 0 Å². The monoisotopic (exact) mass is 227 g/mol. The number of rotatable bonds is 1. The van der Waals surface area contributed by atoms with Crippen molar-refractivity contribution in [2.45, 2.75) is 6.92 Å². The van der Waals surface area contributed by atoms with Gasteiger partial charge in [-0.25, -0.2) is 4.39 Å². The van der Waals surface area contributed by atoms with E-state index in [0.29, 0.717) is 16.7 Å². The molecule has 0 saturated heterocycles. The molecule has 0 radical (unpaired) electrons. The van der Waals surface area contributed by atoms with Gasteiger partial charge in [0.1, 0.15) is 17.6 Å². The molecule has 3 heteroatoms. The number of aromatic hydroxyl groups is 1. The predicted molar refractivity (Wildman–Crippen MR) is 63.0 cm³/mol. The normalized spacial score (nSPS) is 9.94. The van der Waals surface area contributed by atoms with Crippen molar-refractivity contribution in [1.82, 2.24) is 0 Å². The Balaban J connectivity index is 2.50. The Morgan fingerprint density at radius 1 is 1.12 bits per heavy atom. The minimum Gasteiger partial charge on any atom is -0.507 e. The van der Waals surface area contributed by atoms with Crippen molar-refractivity contribution in [2.24, 2.45) is 0 Å². The number of phenols is 1. The molecule has 0 unspecified atom stereocenters. The van der Waals surface area contributed by atoms with Gasteiger partial charge in [-0.05, 0) is 41.8 Å². The first-order valence-corrected chi connectivity index (χ1v) is 5.11. The topological polar surface area (TPSA) is 44.0 Å². The van der Waals surface area contributed by atoms with Gasteiger partial charge in [-0.2, -0.15) is 5.26 Å². The van der Waals surface area contributed by atoms with Crippen LogP contribution in [0.25, 0.3) is 11.1 Å². The van der Waals surface area contributed by atoms with Gasteiger partial charge >= 0.3 is 0 Å². The largest absolute Gasteiger partial charge is 0.507 e. The standard InChI is InChI=1S/C14H10FNO/c1-9-2-3-10(6-13(9)15)11-4-5-12(8-16)14(17)7-11/h2-7,17H,1H3. The second-order valence-corrected chi connectivity index (χ2v) is 3.81. The summed E-state index contributed by atoms with van der Waals surface area (Å²) < 4.78 is 13.4. The molecule has 1 N–H and O–H groups in total. The fourth-order valence-electron chi connectivity index (χ4n) is 1.58. The van der Waals surface area contributed by atoms with Crippen LogP contribution >= 0.6 is 0 Å². The summed E-state index contributed by atoms with van der Waals surface area (Å²) >= 11 is 0. The highest BCUT2D eigenvalue weighted by atomic mass is 19.1. The first-order chi connectivity index (χ1) is 8.11. The molecule has 17 heavy (non-hydrogen) atoms. The molecule has 0 amide bonds. The number of aryl methyl sites for hydroxylation is 1. The number of hydrogen-bond acceptors (Lipinski definition) is 2. The zero-order chi connectivity index (χ0) is 12.4. The van der Waals surface area contributed by atoms with Gasteiger partial charge in [-0.1, -0.05) is 18.2 Å². The van der Waals surface area contributed by atoms with Crippen LogP contribution in [0.1, 0.15) is 11.1 Å². The maximum Gasteiger partial charge on any atom is 0.133 e. The summed E-state index contributed by atoms with van der Waals surface area (Å²) in [6.45, 7) is 1.69. The minimum atomic E-state index is -0.286. The van der Waals surface area contributed by atoms with E-state index in [9.17, 15) is 9.50 Å². The first-order valence-electron chi connectivity index (χ1n) is 5.11. The molecule has 0 aliphatic heterocycles. The second-order valence-electron chi connectivity index (χ2n) is 3.81.